The highest BCUT2D eigenvalue weighted by Crippen LogP contribution is 2.12. The second-order valence-electron chi connectivity index (χ2n) is 5.78. The van der Waals surface area contributed by atoms with Gasteiger partial charge in [0.15, 0.2) is 0 Å². The summed E-state index contributed by atoms with van der Waals surface area (Å²) in [5.74, 6) is 0.295. The fraction of sp³-hybridized carbons (Fsp3) is 0.400. The van der Waals surface area contributed by atoms with Gasteiger partial charge in [-0.1, -0.05) is 12.1 Å². The Balaban J connectivity index is 2.05. The molecule has 102 valence electrons. The molecule has 4 nitrogen and oxygen atoms in total. The third-order valence-corrected chi connectivity index (χ3v) is 2.89. The maximum atomic E-state index is 9.28. The molecule has 4 heteroatoms. The number of rotatable bonds is 4. The molecular weight excluding hydrogens is 238 g/mol. The molecule has 0 bridgehead atoms. The van der Waals surface area contributed by atoms with E-state index in [0.29, 0.717) is 5.75 Å². The van der Waals surface area contributed by atoms with Crippen molar-refractivity contribution in [3.63, 3.8) is 0 Å². The lowest BCUT2D eigenvalue weighted by Crippen LogP contribution is -2.35. The van der Waals surface area contributed by atoms with Crippen LogP contribution in [0.5, 0.6) is 5.75 Å². The lowest BCUT2D eigenvalue weighted by Gasteiger charge is -2.21. The number of phenolic OH excluding ortho intramolecular Hbond substituents is 1. The summed E-state index contributed by atoms with van der Waals surface area (Å²) >= 11 is 0. The molecule has 0 spiro atoms. The zero-order chi connectivity index (χ0) is 13.9. The molecule has 1 heterocycles. The van der Waals surface area contributed by atoms with Gasteiger partial charge in [0.25, 0.3) is 0 Å². The summed E-state index contributed by atoms with van der Waals surface area (Å²) in [6.45, 7) is 8.00. The van der Waals surface area contributed by atoms with Crippen LogP contribution in [0.25, 0.3) is 0 Å². The molecule has 0 radical (unpaired) electrons. The first-order valence-electron chi connectivity index (χ1n) is 6.46. The van der Waals surface area contributed by atoms with E-state index >= 15 is 0 Å². The largest absolute Gasteiger partial charge is 0.508 e. The van der Waals surface area contributed by atoms with Crippen LogP contribution < -0.4 is 5.32 Å². The molecule has 0 saturated heterocycles. The lowest BCUT2D eigenvalue weighted by molar-refractivity contribution is 0.417. The highest BCUT2D eigenvalue weighted by molar-refractivity contribution is 5.26. The van der Waals surface area contributed by atoms with E-state index < -0.39 is 0 Å². The summed E-state index contributed by atoms with van der Waals surface area (Å²) in [5, 5.41) is 12.7. The molecule has 2 N–H and O–H groups in total. The van der Waals surface area contributed by atoms with Crippen LogP contribution in [0.1, 0.15) is 32.0 Å². The van der Waals surface area contributed by atoms with E-state index in [1.54, 1.807) is 12.1 Å². The number of benzene rings is 1. The van der Waals surface area contributed by atoms with Crippen molar-refractivity contribution in [1.29, 1.82) is 0 Å². The van der Waals surface area contributed by atoms with Gasteiger partial charge in [0.05, 0.1) is 12.0 Å². The average molecular weight is 259 g/mol. The zero-order valence-corrected chi connectivity index (χ0v) is 11.7. The second-order valence-corrected chi connectivity index (χ2v) is 5.78. The van der Waals surface area contributed by atoms with Crippen LogP contribution in [-0.2, 0) is 13.1 Å². The maximum absolute atomic E-state index is 9.28. The van der Waals surface area contributed by atoms with Crippen molar-refractivity contribution < 1.29 is 5.11 Å². The SMILES string of the molecule is CC(C)(C)NCc1cncn1Cc1ccc(O)cc1. The van der Waals surface area contributed by atoms with Crippen molar-refractivity contribution in [2.75, 3.05) is 0 Å². The molecule has 0 saturated carbocycles. The van der Waals surface area contributed by atoms with E-state index in [2.05, 4.69) is 35.6 Å². The van der Waals surface area contributed by atoms with Gasteiger partial charge in [-0.15, -0.1) is 0 Å². The Morgan fingerprint density at radius 3 is 2.53 bits per heavy atom. The van der Waals surface area contributed by atoms with Gasteiger partial charge in [-0.25, -0.2) is 4.98 Å². The highest BCUT2D eigenvalue weighted by atomic mass is 16.3. The van der Waals surface area contributed by atoms with Gasteiger partial charge in [0.2, 0.25) is 0 Å². The molecule has 1 aromatic heterocycles. The minimum atomic E-state index is 0.0909. The van der Waals surface area contributed by atoms with Crippen LogP contribution >= 0.6 is 0 Å². The predicted molar refractivity (Wildman–Crippen MR) is 76.0 cm³/mol. The van der Waals surface area contributed by atoms with Gasteiger partial charge >= 0.3 is 0 Å². The predicted octanol–water partition coefficient (Wildman–Crippen LogP) is 2.53. The van der Waals surface area contributed by atoms with Gasteiger partial charge in [-0.05, 0) is 38.5 Å². The number of aromatic hydroxyl groups is 1. The highest BCUT2D eigenvalue weighted by Gasteiger charge is 2.10. The van der Waals surface area contributed by atoms with Gasteiger partial charge in [-0.2, -0.15) is 0 Å². The van der Waals surface area contributed by atoms with Gasteiger partial charge in [-0.3, -0.25) is 0 Å². The minimum absolute atomic E-state index is 0.0909. The van der Waals surface area contributed by atoms with E-state index in [4.69, 9.17) is 0 Å². The monoisotopic (exact) mass is 259 g/mol. The Kier molecular flexibility index (Phi) is 3.90. The first-order chi connectivity index (χ1) is 8.94. The summed E-state index contributed by atoms with van der Waals surface area (Å²) < 4.78 is 2.12. The number of imidazole rings is 1. The number of phenols is 1. The molecule has 0 unspecified atom stereocenters. The summed E-state index contributed by atoms with van der Waals surface area (Å²) in [7, 11) is 0. The molecular formula is C15H21N3O. The van der Waals surface area contributed by atoms with Crippen LogP contribution in [0.15, 0.2) is 36.8 Å². The average Bonchev–Trinajstić information content (AvgIpc) is 2.76. The molecule has 1 aromatic carbocycles. The Hall–Kier alpha value is -1.81. The minimum Gasteiger partial charge on any atom is -0.508 e. The molecule has 0 aliphatic rings. The Bertz CT molecular complexity index is 523. The summed E-state index contributed by atoms with van der Waals surface area (Å²) in [5.41, 5.74) is 2.39. The standard InChI is InChI=1S/C15H21N3O/c1-15(2,3)17-9-13-8-16-11-18(13)10-12-4-6-14(19)7-5-12/h4-8,11,17,19H,9-10H2,1-3H3. The number of hydrogen-bond acceptors (Lipinski definition) is 3. The smallest absolute Gasteiger partial charge is 0.115 e. The molecule has 0 aliphatic carbocycles. The first kappa shape index (κ1) is 13.6. The van der Waals surface area contributed by atoms with Crippen LogP contribution in [0.3, 0.4) is 0 Å². The van der Waals surface area contributed by atoms with Crippen LogP contribution in [0, 0.1) is 0 Å². The van der Waals surface area contributed by atoms with Gasteiger partial charge in [0.1, 0.15) is 5.75 Å². The van der Waals surface area contributed by atoms with Crippen molar-refractivity contribution in [1.82, 2.24) is 14.9 Å². The molecule has 0 aliphatic heterocycles. The van der Waals surface area contributed by atoms with E-state index in [-0.39, 0.29) is 5.54 Å². The summed E-state index contributed by atoms with van der Waals surface area (Å²) in [6, 6.07) is 7.27. The van der Waals surface area contributed by atoms with Crippen molar-refractivity contribution in [3.05, 3.63) is 48.0 Å². The van der Waals surface area contributed by atoms with E-state index in [0.717, 1.165) is 24.3 Å². The topological polar surface area (TPSA) is 50.1 Å². The molecule has 0 fully saturated rings. The normalized spacial score (nSPS) is 11.7. The van der Waals surface area contributed by atoms with Crippen molar-refractivity contribution in [2.45, 2.75) is 39.4 Å². The zero-order valence-electron chi connectivity index (χ0n) is 11.7. The van der Waals surface area contributed by atoms with Crippen molar-refractivity contribution in [3.8, 4) is 5.75 Å². The fourth-order valence-electron chi connectivity index (χ4n) is 1.79. The van der Waals surface area contributed by atoms with Gasteiger partial charge < -0.3 is 15.0 Å². The molecule has 19 heavy (non-hydrogen) atoms. The molecule has 0 atom stereocenters. The third kappa shape index (κ3) is 4.10. The van der Waals surface area contributed by atoms with Crippen LogP contribution in [0.4, 0.5) is 0 Å². The number of nitrogens with one attached hydrogen (secondary N) is 1. The van der Waals surface area contributed by atoms with E-state index in [1.165, 1.54) is 0 Å². The molecule has 2 aromatic rings. The lowest BCUT2D eigenvalue weighted by atomic mass is 10.1. The quantitative estimate of drug-likeness (QED) is 0.887. The third-order valence-electron chi connectivity index (χ3n) is 2.89. The van der Waals surface area contributed by atoms with Crippen molar-refractivity contribution >= 4 is 0 Å². The fourth-order valence-corrected chi connectivity index (χ4v) is 1.79. The van der Waals surface area contributed by atoms with Gasteiger partial charge in [0, 0.05) is 24.8 Å². The Morgan fingerprint density at radius 2 is 1.89 bits per heavy atom. The maximum Gasteiger partial charge on any atom is 0.115 e. The van der Waals surface area contributed by atoms with Crippen LogP contribution in [-0.4, -0.2) is 20.2 Å². The molecule has 0 amide bonds. The van der Waals surface area contributed by atoms with Crippen molar-refractivity contribution in [2.24, 2.45) is 0 Å². The number of aromatic nitrogens is 2. The first-order valence-corrected chi connectivity index (χ1v) is 6.46. The Labute approximate surface area is 114 Å². The number of hydrogen-bond donors (Lipinski definition) is 2. The summed E-state index contributed by atoms with van der Waals surface area (Å²) in [6.07, 6.45) is 3.73. The number of nitrogens with zero attached hydrogens (tertiary/aromatic N) is 2. The molecule has 2 rings (SSSR count). The Morgan fingerprint density at radius 1 is 1.21 bits per heavy atom. The summed E-state index contributed by atoms with van der Waals surface area (Å²) in [4.78, 5) is 4.21. The van der Waals surface area contributed by atoms with E-state index in [1.807, 2.05) is 24.7 Å². The second kappa shape index (κ2) is 5.45. The van der Waals surface area contributed by atoms with Crippen LogP contribution in [0.2, 0.25) is 0 Å². The van der Waals surface area contributed by atoms with E-state index in [9.17, 15) is 5.11 Å².